The van der Waals surface area contributed by atoms with Gasteiger partial charge in [0, 0.05) is 19.3 Å². The van der Waals surface area contributed by atoms with Crippen LogP contribution in [-0.2, 0) is 9.53 Å². The first-order chi connectivity index (χ1) is 10.1. The number of carbonyl (C=O) groups excluding carboxylic acids is 1. The maximum Gasteiger partial charge on any atom is 0.303 e. The van der Waals surface area contributed by atoms with Crippen molar-refractivity contribution in [3.05, 3.63) is 23.3 Å². The molecule has 2 aliphatic carbocycles. The zero-order valence-electron chi connectivity index (χ0n) is 13.7. The molecule has 5 heteroatoms. The van der Waals surface area contributed by atoms with E-state index in [1.165, 1.54) is 6.92 Å². The molecule has 2 rings (SSSR count). The quantitative estimate of drug-likeness (QED) is 0.529. The van der Waals surface area contributed by atoms with E-state index in [1.807, 2.05) is 20.8 Å². The third-order valence-corrected chi connectivity index (χ3v) is 5.11. The Hall–Kier alpha value is -1.17. The number of aliphatic hydroxyl groups excluding tert-OH is 2. The van der Waals surface area contributed by atoms with E-state index >= 15 is 0 Å². The van der Waals surface area contributed by atoms with Crippen LogP contribution in [0.25, 0.3) is 0 Å². The number of hydrogen-bond acceptors (Lipinski definition) is 5. The molecule has 0 saturated heterocycles. The lowest BCUT2D eigenvalue weighted by molar-refractivity contribution is -0.250. The van der Waals surface area contributed by atoms with Gasteiger partial charge in [0.2, 0.25) is 0 Å². The second kappa shape index (κ2) is 5.80. The number of ether oxygens (including phenoxy) is 1. The van der Waals surface area contributed by atoms with Crippen LogP contribution in [0, 0.1) is 11.3 Å². The topological polar surface area (TPSA) is 87.0 Å². The number of fused-ring (bicyclic) bond motifs is 1. The van der Waals surface area contributed by atoms with E-state index in [4.69, 9.17) is 4.74 Å². The minimum atomic E-state index is -1.26. The van der Waals surface area contributed by atoms with Gasteiger partial charge in [-0.25, -0.2) is 0 Å². The van der Waals surface area contributed by atoms with Crippen LogP contribution in [0.3, 0.4) is 0 Å². The van der Waals surface area contributed by atoms with Crippen LogP contribution in [0.4, 0.5) is 0 Å². The van der Waals surface area contributed by atoms with Gasteiger partial charge in [-0.3, -0.25) is 4.79 Å². The first-order valence-electron chi connectivity index (χ1n) is 7.68. The zero-order valence-corrected chi connectivity index (χ0v) is 13.7. The van der Waals surface area contributed by atoms with E-state index in [-0.39, 0.29) is 12.5 Å². The van der Waals surface area contributed by atoms with E-state index < -0.39 is 29.2 Å². The highest BCUT2D eigenvalue weighted by atomic mass is 16.6. The molecule has 3 N–H and O–H groups in total. The van der Waals surface area contributed by atoms with Crippen molar-refractivity contribution < 1.29 is 24.9 Å². The third-order valence-electron chi connectivity index (χ3n) is 5.11. The lowest BCUT2D eigenvalue weighted by Gasteiger charge is -2.61. The van der Waals surface area contributed by atoms with Gasteiger partial charge in [0.05, 0.1) is 12.7 Å². The van der Waals surface area contributed by atoms with Crippen LogP contribution in [0.15, 0.2) is 23.3 Å². The van der Waals surface area contributed by atoms with Crippen molar-refractivity contribution in [1.82, 2.24) is 0 Å². The van der Waals surface area contributed by atoms with Crippen molar-refractivity contribution in [2.75, 3.05) is 6.61 Å². The first-order valence-corrected chi connectivity index (χ1v) is 7.68. The highest BCUT2D eigenvalue weighted by Crippen LogP contribution is 2.59. The molecule has 0 spiro atoms. The van der Waals surface area contributed by atoms with Crippen molar-refractivity contribution in [3.8, 4) is 0 Å². The van der Waals surface area contributed by atoms with Crippen LogP contribution in [-0.4, -0.2) is 45.7 Å². The van der Waals surface area contributed by atoms with Crippen molar-refractivity contribution in [1.29, 1.82) is 0 Å². The monoisotopic (exact) mass is 310 g/mol. The first kappa shape index (κ1) is 17.2. The Kier molecular flexibility index (Phi) is 4.53. The van der Waals surface area contributed by atoms with Crippen molar-refractivity contribution >= 4 is 5.97 Å². The van der Waals surface area contributed by atoms with Crippen molar-refractivity contribution in [2.45, 2.75) is 58.3 Å². The molecule has 0 aliphatic heterocycles. The molecule has 0 amide bonds. The predicted octanol–water partition coefficient (Wildman–Crippen LogP) is 1.32. The normalized spacial score (nSPS) is 37.5. The molecule has 2 aliphatic rings. The number of esters is 1. The number of carbonyl (C=O) groups is 1. The molecule has 0 aromatic heterocycles. The molecule has 1 fully saturated rings. The Morgan fingerprint density at radius 2 is 2.05 bits per heavy atom. The maximum absolute atomic E-state index is 11.5. The van der Waals surface area contributed by atoms with E-state index in [0.29, 0.717) is 18.4 Å². The lowest BCUT2D eigenvalue weighted by Crippen LogP contribution is -2.69. The SMILES string of the molecule is CC(=O)O[C@H]1CC(C)=C[C@@H](O)C=C(CO)[C@H]2CC(C)(C)[C@]12O. The summed E-state index contributed by atoms with van der Waals surface area (Å²) in [5.41, 5.74) is -0.268. The van der Waals surface area contributed by atoms with Gasteiger partial charge >= 0.3 is 5.97 Å². The van der Waals surface area contributed by atoms with Gasteiger partial charge in [0.15, 0.2) is 0 Å². The Morgan fingerprint density at radius 3 is 2.55 bits per heavy atom. The van der Waals surface area contributed by atoms with Crippen molar-refractivity contribution in [2.24, 2.45) is 11.3 Å². The highest BCUT2D eigenvalue weighted by Gasteiger charge is 2.65. The van der Waals surface area contributed by atoms with Crippen LogP contribution in [0.2, 0.25) is 0 Å². The van der Waals surface area contributed by atoms with Gasteiger partial charge in [-0.2, -0.15) is 0 Å². The molecule has 0 radical (unpaired) electrons. The molecule has 0 aromatic carbocycles. The third kappa shape index (κ3) is 2.73. The Balaban J connectivity index is 2.51. The molecule has 4 atom stereocenters. The summed E-state index contributed by atoms with van der Waals surface area (Å²) in [6.45, 7) is 6.79. The summed E-state index contributed by atoms with van der Waals surface area (Å²) in [7, 11) is 0. The van der Waals surface area contributed by atoms with Gasteiger partial charge in [0.25, 0.3) is 0 Å². The molecule has 1 saturated carbocycles. The number of aliphatic hydroxyl groups is 3. The Morgan fingerprint density at radius 1 is 1.41 bits per heavy atom. The molecule has 5 nitrogen and oxygen atoms in total. The van der Waals surface area contributed by atoms with Gasteiger partial charge in [-0.05, 0) is 24.3 Å². The predicted molar refractivity (Wildman–Crippen MR) is 81.9 cm³/mol. The van der Waals surface area contributed by atoms with Gasteiger partial charge in [-0.1, -0.05) is 31.6 Å². The summed E-state index contributed by atoms with van der Waals surface area (Å²) in [6, 6.07) is 0. The molecule has 22 heavy (non-hydrogen) atoms. The average molecular weight is 310 g/mol. The van der Waals surface area contributed by atoms with Gasteiger partial charge in [0.1, 0.15) is 11.7 Å². The molecule has 124 valence electrons. The lowest BCUT2D eigenvalue weighted by atomic mass is 9.48. The van der Waals surface area contributed by atoms with Gasteiger partial charge in [-0.15, -0.1) is 0 Å². The Labute approximate surface area is 131 Å². The Bertz CT molecular complexity index is 519. The largest absolute Gasteiger partial charge is 0.459 e. The fourth-order valence-corrected chi connectivity index (χ4v) is 3.93. The summed E-state index contributed by atoms with van der Waals surface area (Å²) in [5.74, 6) is -0.771. The summed E-state index contributed by atoms with van der Waals surface area (Å²) >= 11 is 0. The fourth-order valence-electron chi connectivity index (χ4n) is 3.93. The molecular weight excluding hydrogens is 284 g/mol. The minimum Gasteiger partial charge on any atom is -0.459 e. The van der Waals surface area contributed by atoms with E-state index in [9.17, 15) is 20.1 Å². The zero-order chi connectivity index (χ0) is 16.7. The standard InChI is InChI=1S/C17H26O5/c1-10-5-13(20)7-12(9-18)14-8-16(3,4)17(14,21)15(6-10)22-11(2)19/h5,7,13-15,18,20-21H,6,8-9H2,1-4H3/t13-,14-,15+,17-/m1/s1. The molecule has 0 aromatic rings. The second-order valence-electron chi connectivity index (χ2n) is 7.17. The fraction of sp³-hybridized carbons (Fsp3) is 0.706. The van der Waals surface area contributed by atoms with Crippen molar-refractivity contribution in [3.63, 3.8) is 0 Å². The molecule has 0 heterocycles. The van der Waals surface area contributed by atoms with Crippen LogP contribution in [0.1, 0.15) is 40.5 Å². The molecule has 0 unspecified atom stereocenters. The van der Waals surface area contributed by atoms with Gasteiger partial charge < -0.3 is 20.1 Å². The van der Waals surface area contributed by atoms with E-state index in [0.717, 1.165) is 5.57 Å². The highest BCUT2D eigenvalue weighted by molar-refractivity contribution is 5.66. The van der Waals surface area contributed by atoms with Crippen LogP contribution in [0.5, 0.6) is 0 Å². The van der Waals surface area contributed by atoms with Crippen LogP contribution >= 0.6 is 0 Å². The second-order valence-corrected chi connectivity index (χ2v) is 7.17. The average Bonchev–Trinajstić information content (AvgIpc) is 2.42. The summed E-state index contributed by atoms with van der Waals surface area (Å²) in [4.78, 5) is 11.5. The van der Waals surface area contributed by atoms with E-state index in [2.05, 4.69) is 0 Å². The molecular formula is C17H26O5. The molecule has 0 bridgehead atoms. The summed E-state index contributed by atoms with van der Waals surface area (Å²) < 4.78 is 5.43. The van der Waals surface area contributed by atoms with E-state index in [1.54, 1.807) is 12.2 Å². The number of rotatable bonds is 2. The summed E-state index contributed by atoms with van der Waals surface area (Å²) in [6.07, 6.45) is 2.76. The summed E-state index contributed by atoms with van der Waals surface area (Å²) in [5, 5.41) is 31.1. The smallest absolute Gasteiger partial charge is 0.303 e. The maximum atomic E-state index is 11.5. The number of hydrogen-bond donors (Lipinski definition) is 3. The minimum absolute atomic E-state index is 0.236. The van der Waals surface area contributed by atoms with Crippen LogP contribution < -0.4 is 0 Å².